The van der Waals surface area contributed by atoms with E-state index >= 15 is 0 Å². The van der Waals surface area contributed by atoms with Gasteiger partial charge in [-0.15, -0.1) is 0 Å². The third-order valence-electron chi connectivity index (χ3n) is 2.70. The van der Waals surface area contributed by atoms with Gasteiger partial charge in [-0.2, -0.15) is 0 Å². The van der Waals surface area contributed by atoms with Crippen LogP contribution in [0.25, 0.3) is 0 Å². The Balaban J connectivity index is 2.09. The highest BCUT2D eigenvalue weighted by Gasteiger charge is 2.04. The molecule has 0 saturated heterocycles. The topological polar surface area (TPSA) is 54.0 Å². The molecular weight excluding hydrogens is 290 g/mol. The van der Waals surface area contributed by atoms with E-state index in [1.54, 1.807) is 36.3 Å². The van der Waals surface area contributed by atoms with Crippen LogP contribution in [0.5, 0.6) is 0 Å². The number of carbonyl (C=O) groups excluding carboxylic acids is 1. The molecule has 4 nitrogen and oxygen atoms in total. The number of hydrazine groups is 1. The smallest absolute Gasteiger partial charge is 0.269 e. The van der Waals surface area contributed by atoms with Gasteiger partial charge in [0.15, 0.2) is 4.32 Å². The number of hydrogen-bond acceptors (Lipinski definition) is 4. The van der Waals surface area contributed by atoms with Gasteiger partial charge in [0.1, 0.15) is 0 Å². The first-order valence-electron chi connectivity index (χ1n) is 6.87. The maximum Gasteiger partial charge on any atom is 0.269 e. The lowest BCUT2D eigenvalue weighted by Crippen LogP contribution is -2.39. The third-order valence-corrected chi connectivity index (χ3v) is 4.01. The van der Waals surface area contributed by atoms with Crippen LogP contribution in [-0.2, 0) is 0 Å². The monoisotopic (exact) mass is 311 g/mol. The first-order chi connectivity index (χ1) is 9.74. The molecule has 0 aromatic carbocycles. The normalized spacial score (nSPS) is 10.1. The second-order valence-electron chi connectivity index (χ2n) is 4.37. The number of amides is 1. The van der Waals surface area contributed by atoms with Crippen molar-refractivity contribution in [2.75, 3.05) is 5.75 Å². The minimum Gasteiger partial charge on any atom is -0.283 e. The van der Waals surface area contributed by atoms with Gasteiger partial charge >= 0.3 is 0 Å². The lowest BCUT2D eigenvalue weighted by atomic mass is 10.2. The van der Waals surface area contributed by atoms with E-state index < -0.39 is 0 Å². The number of thiocarbonyl (C=S) groups is 1. The van der Waals surface area contributed by atoms with Crippen molar-refractivity contribution in [1.82, 2.24) is 15.8 Å². The number of unbranched alkanes of at least 4 members (excludes halogenated alkanes) is 4. The van der Waals surface area contributed by atoms with Gasteiger partial charge in [-0.1, -0.05) is 56.6 Å². The van der Waals surface area contributed by atoms with Crippen molar-refractivity contribution in [3.63, 3.8) is 0 Å². The van der Waals surface area contributed by atoms with Crippen molar-refractivity contribution >= 4 is 34.2 Å². The van der Waals surface area contributed by atoms with Crippen LogP contribution in [0.15, 0.2) is 24.5 Å². The van der Waals surface area contributed by atoms with Crippen LogP contribution in [0.3, 0.4) is 0 Å². The van der Waals surface area contributed by atoms with Crippen molar-refractivity contribution in [2.45, 2.75) is 39.0 Å². The fraction of sp³-hybridized carbons (Fsp3) is 0.500. The van der Waals surface area contributed by atoms with E-state index in [0.717, 1.165) is 12.2 Å². The SMILES string of the molecule is CCCCCCCSC(=S)NNC(=O)c1ccncc1. The number of aromatic nitrogens is 1. The Morgan fingerprint density at radius 2 is 1.90 bits per heavy atom. The molecule has 0 bridgehead atoms. The Morgan fingerprint density at radius 1 is 1.20 bits per heavy atom. The molecule has 20 heavy (non-hydrogen) atoms. The highest BCUT2D eigenvalue weighted by Crippen LogP contribution is 2.09. The van der Waals surface area contributed by atoms with Gasteiger partial charge < -0.3 is 0 Å². The summed E-state index contributed by atoms with van der Waals surface area (Å²) in [6.45, 7) is 2.21. The summed E-state index contributed by atoms with van der Waals surface area (Å²) >= 11 is 6.71. The fourth-order valence-electron chi connectivity index (χ4n) is 1.59. The largest absolute Gasteiger partial charge is 0.283 e. The molecule has 1 aromatic rings. The van der Waals surface area contributed by atoms with Crippen LogP contribution >= 0.6 is 24.0 Å². The van der Waals surface area contributed by atoms with Crippen LogP contribution in [0.4, 0.5) is 0 Å². The number of pyridine rings is 1. The molecule has 2 N–H and O–H groups in total. The van der Waals surface area contributed by atoms with Crippen molar-refractivity contribution in [1.29, 1.82) is 0 Å². The maximum atomic E-state index is 11.7. The quantitative estimate of drug-likeness (QED) is 0.460. The first kappa shape index (κ1) is 16.9. The van der Waals surface area contributed by atoms with Crippen LogP contribution in [-0.4, -0.2) is 21.0 Å². The average Bonchev–Trinajstić information content (AvgIpc) is 2.49. The minimum absolute atomic E-state index is 0.210. The molecule has 1 aromatic heterocycles. The number of nitrogens with one attached hydrogen (secondary N) is 2. The molecular formula is C14H21N3OS2. The Hall–Kier alpha value is -1.14. The molecule has 0 aliphatic heterocycles. The van der Waals surface area contributed by atoms with Crippen molar-refractivity contribution in [3.05, 3.63) is 30.1 Å². The molecule has 1 heterocycles. The summed E-state index contributed by atoms with van der Waals surface area (Å²) in [4.78, 5) is 15.6. The minimum atomic E-state index is -0.210. The summed E-state index contributed by atoms with van der Waals surface area (Å²) in [6.07, 6.45) is 9.41. The number of rotatable bonds is 7. The van der Waals surface area contributed by atoms with Gasteiger partial charge in [0.2, 0.25) is 0 Å². The summed E-state index contributed by atoms with van der Waals surface area (Å²) in [5.74, 6) is 0.777. The van der Waals surface area contributed by atoms with Gasteiger partial charge in [-0.3, -0.25) is 20.6 Å². The second-order valence-corrected chi connectivity index (χ2v) is 6.14. The maximum absolute atomic E-state index is 11.7. The molecule has 0 unspecified atom stereocenters. The molecule has 0 spiro atoms. The zero-order valence-corrected chi connectivity index (χ0v) is 13.4. The van der Waals surface area contributed by atoms with Gasteiger partial charge in [0, 0.05) is 23.7 Å². The van der Waals surface area contributed by atoms with Crippen LogP contribution < -0.4 is 10.9 Å². The van der Waals surface area contributed by atoms with Crippen LogP contribution in [0, 0.1) is 0 Å². The fourth-order valence-corrected chi connectivity index (χ4v) is 2.55. The molecule has 0 atom stereocenters. The third kappa shape index (κ3) is 7.45. The highest BCUT2D eigenvalue weighted by molar-refractivity contribution is 8.22. The van der Waals surface area contributed by atoms with Gasteiger partial charge in [-0.05, 0) is 18.6 Å². The van der Waals surface area contributed by atoms with Crippen molar-refractivity contribution < 1.29 is 4.79 Å². The standard InChI is InChI=1S/C14H21N3OS2/c1-2-3-4-5-6-11-20-14(19)17-16-13(18)12-7-9-15-10-8-12/h7-10H,2-6,11H2,1H3,(H,16,18)(H,17,19). The summed E-state index contributed by atoms with van der Waals surface area (Å²) in [7, 11) is 0. The lowest BCUT2D eigenvalue weighted by molar-refractivity contribution is 0.0944. The Bertz CT molecular complexity index is 412. The molecule has 1 rings (SSSR count). The van der Waals surface area contributed by atoms with Gasteiger partial charge in [-0.25, -0.2) is 0 Å². The number of nitrogens with zero attached hydrogens (tertiary/aromatic N) is 1. The molecule has 0 aliphatic carbocycles. The van der Waals surface area contributed by atoms with Crippen molar-refractivity contribution in [2.24, 2.45) is 0 Å². The highest BCUT2D eigenvalue weighted by atomic mass is 32.2. The van der Waals surface area contributed by atoms with Crippen LogP contribution in [0.2, 0.25) is 0 Å². The molecule has 0 radical (unpaired) electrons. The Morgan fingerprint density at radius 3 is 2.60 bits per heavy atom. The van der Waals surface area contributed by atoms with Crippen LogP contribution in [0.1, 0.15) is 49.4 Å². The van der Waals surface area contributed by atoms with Gasteiger partial charge in [0.25, 0.3) is 5.91 Å². The lowest BCUT2D eigenvalue weighted by Gasteiger charge is -2.09. The number of carbonyl (C=O) groups is 1. The summed E-state index contributed by atoms with van der Waals surface area (Å²) < 4.78 is 0.600. The molecule has 110 valence electrons. The summed E-state index contributed by atoms with van der Waals surface area (Å²) in [5.41, 5.74) is 5.89. The van der Waals surface area contributed by atoms with Crippen molar-refractivity contribution in [3.8, 4) is 0 Å². The van der Waals surface area contributed by atoms with E-state index in [9.17, 15) is 4.79 Å². The van der Waals surface area contributed by atoms with E-state index in [0.29, 0.717) is 9.88 Å². The predicted molar refractivity (Wildman–Crippen MR) is 88.7 cm³/mol. The zero-order chi connectivity index (χ0) is 14.6. The van der Waals surface area contributed by atoms with E-state index in [1.807, 2.05) is 0 Å². The zero-order valence-electron chi connectivity index (χ0n) is 11.7. The molecule has 0 fully saturated rings. The number of hydrogen-bond donors (Lipinski definition) is 2. The van der Waals surface area contributed by atoms with E-state index in [-0.39, 0.29) is 5.91 Å². The average molecular weight is 311 g/mol. The van der Waals surface area contributed by atoms with Gasteiger partial charge in [0.05, 0.1) is 0 Å². The molecule has 0 aliphatic rings. The second kappa shape index (κ2) is 10.6. The summed E-state index contributed by atoms with van der Waals surface area (Å²) in [5, 5.41) is 0. The molecule has 0 saturated carbocycles. The Kier molecular flexibility index (Phi) is 8.98. The molecule has 1 amide bonds. The first-order valence-corrected chi connectivity index (χ1v) is 8.26. The molecule has 6 heteroatoms. The Labute approximate surface area is 130 Å². The van der Waals surface area contributed by atoms with E-state index in [2.05, 4.69) is 22.8 Å². The summed E-state index contributed by atoms with van der Waals surface area (Å²) in [6, 6.07) is 3.31. The van der Waals surface area contributed by atoms with E-state index in [4.69, 9.17) is 12.2 Å². The predicted octanol–water partition coefficient (Wildman–Crippen LogP) is 3.30. The number of thioether (sulfide) groups is 1. The van der Waals surface area contributed by atoms with E-state index in [1.165, 1.54) is 25.7 Å².